The third-order valence-corrected chi connectivity index (χ3v) is 3.63. The molecule has 0 saturated heterocycles. The fourth-order valence-electron chi connectivity index (χ4n) is 2.45. The van der Waals surface area contributed by atoms with Gasteiger partial charge in [0.2, 0.25) is 5.91 Å². The quantitative estimate of drug-likeness (QED) is 0.721. The molecule has 0 amide bonds. The summed E-state index contributed by atoms with van der Waals surface area (Å²) < 4.78 is 15.0. The maximum Gasteiger partial charge on any atom is 0.228 e. The molecule has 1 aromatic heterocycles. The van der Waals surface area contributed by atoms with E-state index in [0.29, 0.717) is 16.8 Å². The molecule has 0 unspecified atom stereocenters. The van der Waals surface area contributed by atoms with Crippen LogP contribution in [0.4, 0.5) is 4.39 Å². The topological polar surface area (TPSA) is 42.2 Å². The minimum Gasteiger partial charge on any atom is -0.505 e. The molecule has 2 aromatic carbocycles. The molecule has 0 aliphatic rings. The number of carbonyl (C=O) groups excluding carboxylic acids is 1. The molecule has 21 heavy (non-hydrogen) atoms. The molecule has 3 aromatic rings. The summed E-state index contributed by atoms with van der Waals surface area (Å²) in [5.41, 5.74) is 1.38. The zero-order valence-electron chi connectivity index (χ0n) is 11.1. The highest BCUT2D eigenvalue weighted by atomic mass is 35.5. The van der Waals surface area contributed by atoms with E-state index in [0.717, 1.165) is 6.07 Å². The standard InChI is InChI=1S/C16H11ClFNO2/c1-9(20)19-14-8-12(17)13(18)7-11(14)16(21)15(19)10-5-3-2-4-6-10/h2-8,21H,1H3. The number of fused-ring (bicyclic) bond motifs is 1. The highest BCUT2D eigenvalue weighted by Crippen LogP contribution is 2.40. The average Bonchev–Trinajstić information content (AvgIpc) is 2.74. The van der Waals surface area contributed by atoms with Gasteiger partial charge in [0.05, 0.1) is 16.2 Å². The summed E-state index contributed by atoms with van der Waals surface area (Å²) in [4.78, 5) is 12.0. The Balaban J connectivity index is 2.47. The van der Waals surface area contributed by atoms with Crippen LogP contribution in [0.5, 0.6) is 5.75 Å². The predicted octanol–water partition coefficient (Wildman–Crippen LogP) is 4.47. The van der Waals surface area contributed by atoms with Crippen LogP contribution in [0.3, 0.4) is 0 Å². The van der Waals surface area contributed by atoms with Crippen LogP contribution in [0.1, 0.15) is 11.7 Å². The molecule has 0 radical (unpaired) electrons. The molecule has 1 N–H and O–H groups in total. The van der Waals surface area contributed by atoms with Crippen LogP contribution in [-0.2, 0) is 0 Å². The fraction of sp³-hybridized carbons (Fsp3) is 0.0625. The van der Waals surface area contributed by atoms with Crippen molar-refractivity contribution in [1.82, 2.24) is 4.57 Å². The summed E-state index contributed by atoms with van der Waals surface area (Å²) in [6.07, 6.45) is 0. The highest BCUT2D eigenvalue weighted by molar-refractivity contribution is 6.31. The summed E-state index contributed by atoms with van der Waals surface area (Å²) in [5, 5.41) is 10.6. The Morgan fingerprint density at radius 1 is 1.24 bits per heavy atom. The lowest BCUT2D eigenvalue weighted by Crippen LogP contribution is -2.07. The van der Waals surface area contributed by atoms with Gasteiger partial charge in [0.25, 0.3) is 0 Å². The SMILES string of the molecule is CC(=O)n1c(-c2ccccc2)c(O)c2cc(F)c(Cl)cc21. The van der Waals surface area contributed by atoms with E-state index in [1.807, 2.05) is 6.07 Å². The third kappa shape index (κ3) is 2.08. The van der Waals surface area contributed by atoms with Crippen LogP contribution in [0.15, 0.2) is 42.5 Å². The number of rotatable bonds is 1. The molecule has 0 atom stereocenters. The zero-order valence-corrected chi connectivity index (χ0v) is 11.9. The smallest absolute Gasteiger partial charge is 0.228 e. The number of carbonyl (C=O) groups is 1. The van der Waals surface area contributed by atoms with Crippen molar-refractivity contribution in [3.8, 4) is 17.0 Å². The number of hydrogen-bond donors (Lipinski definition) is 1. The summed E-state index contributed by atoms with van der Waals surface area (Å²) in [6.45, 7) is 1.38. The number of aromatic hydroxyl groups is 1. The van der Waals surface area contributed by atoms with Crippen LogP contribution in [-0.4, -0.2) is 15.6 Å². The van der Waals surface area contributed by atoms with Crippen LogP contribution in [0.25, 0.3) is 22.2 Å². The van der Waals surface area contributed by atoms with Gasteiger partial charge in [-0.25, -0.2) is 4.39 Å². The van der Waals surface area contributed by atoms with Gasteiger partial charge in [-0.3, -0.25) is 9.36 Å². The molecule has 3 nitrogen and oxygen atoms in total. The Morgan fingerprint density at radius 3 is 2.52 bits per heavy atom. The molecule has 106 valence electrons. The fourth-order valence-corrected chi connectivity index (χ4v) is 2.61. The summed E-state index contributed by atoms with van der Waals surface area (Å²) >= 11 is 5.79. The Hall–Kier alpha value is -2.33. The summed E-state index contributed by atoms with van der Waals surface area (Å²) in [5.74, 6) is -1.07. The van der Waals surface area contributed by atoms with E-state index in [1.165, 1.54) is 17.6 Å². The van der Waals surface area contributed by atoms with Gasteiger partial charge in [0, 0.05) is 17.9 Å². The first kappa shape index (κ1) is 13.6. The second-order valence-electron chi connectivity index (χ2n) is 4.70. The van der Waals surface area contributed by atoms with E-state index < -0.39 is 5.82 Å². The van der Waals surface area contributed by atoms with Crippen molar-refractivity contribution in [3.63, 3.8) is 0 Å². The second kappa shape index (κ2) is 4.90. The lowest BCUT2D eigenvalue weighted by molar-refractivity contribution is 0.0943. The molecule has 0 spiro atoms. The van der Waals surface area contributed by atoms with E-state index >= 15 is 0 Å². The van der Waals surface area contributed by atoms with E-state index in [-0.39, 0.29) is 22.1 Å². The van der Waals surface area contributed by atoms with Crippen molar-refractivity contribution in [1.29, 1.82) is 0 Å². The normalized spacial score (nSPS) is 11.0. The molecule has 0 aliphatic carbocycles. The first-order chi connectivity index (χ1) is 10.0. The maximum absolute atomic E-state index is 13.6. The molecule has 0 bridgehead atoms. The summed E-state index contributed by atoms with van der Waals surface area (Å²) in [6, 6.07) is 11.4. The predicted molar refractivity (Wildman–Crippen MR) is 80.3 cm³/mol. The monoisotopic (exact) mass is 303 g/mol. The number of nitrogens with zero attached hydrogens (tertiary/aromatic N) is 1. The van der Waals surface area contributed by atoms with Crippen LogP contribution >= 0.6 is 11.6 Å². The van der Waals surface area contributed by atoms with Crippen LogP contribution in [0.2, 0.25) is 5.02 Å². The number of hydrogen-bond acceptors (Lipinski definition) is 2. The second-order valence-corrected chi connectivity index (χ2v) is 5.11. The van der Waals surface area contributed by atoms with Crippen molar-refractivity contribution < 1.29 is 14.3 Å². The van der Waals surface area contributed by atoms with Gasteiger partial charge in [-0.15, -0.1) is 0 Å². The average molecular weight is 304 g/mol. The minimum absolute atomic E-state index is 0.0953. The number of halogens is 2. The Labute approximate surface area is 125 Å². The molecule has 0 saturated carbocycles. The van der Waals surface area contributed by atoms with Gasteiger partial charge in [0.15, 0.2) is 0 Å². The molecule has 0 fully saturated rings. The summed E-state index contributed by atoms with van der Waals surface area (Å²) in [7, 11) is 0. The van der Waals surface area contributed by atoms with Gasteiger partial charge >= 0.3 is 0 Å². The molecule has 3 rings (SSSR count). The van der Waals surface area contributed by atoms with Crippen LogP contribution in [0, 0.1) is 5.82 Å². The third-order valence-electron chi connectivity index (χ3n) is 3.34. The largest absolute Gasteiger partial charge is 0.505 e. The molecule has 1 heterocycles. The minimum atomic E-state index is -0.639. The number of benzene rings is 2. The Morgan fingerprint density at radius 2 is 1.90 bits per heavy atom. The maximum atomic E-state index is 13.6. The van der Waals surface area contributed by atoms with Crippen molar-refractivity contribution in [2.75, 3.05) is 0 Å². The van der Waals surface area contributed by atoms with Crippen molar-refractivity contribution >= 4 is 28.4 Å². The van der Waals surface area contributed by atoms with Crippen molar-refractivity contribution in [2.45, 2.75) is 6.92 Å². The van der Waals surface area contributed by atoms with Crippen molar-refractivity contribution in [2.24, 2.45) is 0 Å². The molecular weight excluding hydrogens is 293 g/mol. The molecule has 0 aliphatic heterocycles. The zero-order chi connectivity index (χ0) is 15.1. The lowest BCUT2D eigenvalue weighted by atomic mass is 10.1. The van der Waals surface area contributed by atoms with Gasteiger partial charge < -0.3 is 5.11 Å². The first-order valence-corrected chi connectivity index (χ1v) is 6.67. The molecular formula is C16H11ClFNO2. The lowest BCUT2D eigenvalue weighted by Gasteiger charge is -2.07. The van der Waals surface area contributed by atoms with Gasteiger partial charge in [0.1, 0.15) is 11.6 Å². The Kier molecular flexibility index (Phi) is 3.18. The van der Waals surface area contributed by atoms with Crippen molar-refractivity contribution in [3.05, 3.63) is 53.3 Å². The van der Waals surface area contributed by atoms with Gasteiger partial charge in [-0.05, 0) is 12.1 Å². The van der Waals surface area contributed by atoms with E-state index in [1.54, 1.807) is 24.3 Å². The van der Waals surface area contributed by atoms with Gasteiger partial charge in [-0.1, -0.05) is 41.9 Å². The van der Waals surface area contributed by atoms with E-state index in [4.69, 9.17) is 11.6 Å². The Bertz CT molecular complexity index is 856. The van der Waals surface area contributed by atoms with Crippen LogP contribution < -0.4 is 0 Å². The van der Waals surface area contributed by atoms with E-state index in [9.17, 15) is 14.3 Å². The highest BCUT2D eigenvalue weighted by Gasteiger charge is 2.21. The number of aromatic nitrogens is 1. The van der Waals surface area contributed by atoms with Gasteiger partial charge in [-0.2, -0.15) is 0 Å². The first-order valence-electron chi connectivity index (χ1n) is 6.29. The molecule has 5 heteroatoms. The van der Waals surface area contributed by atoms with E-state index in [2.05, 4.69) is 0 Å².